The zero-order chi connectivity index (χ0) is 17.7. The summed E-state index contributed by atoms with van der Waals surface area (Å²) < 4.78 is 1.81. The molecule has 7 heteroatoms. The third kappa shape index (κ3) is 4.32. The fourth-order valence-corrected chi connectivity index (χ4v) is 2.99. The molecular weight excluding hydrogens is 318 g/mol. The van der Waals surface area contributed by atoms with Crippen LogP contribution < -0.4 is 15.1 Å². The number of aromatic nitrogens is 2. The summed E-state index contributed by atoms with van der Waals surface area (Å²) in [6.45, 7) is 6.10. The third-order valence-electron chi connectivity index (χ3n) is 4.22. The van der Waals surface area contributed by atoms with Crippen molar-refractivity contribution in [3.05, 3.63) is 5.69 Å². The van der Waals surface area contributed by atoms with Crippen molar-refractivity contribution in [1.82, 2.24) is 14.9 Å². The lowest BCUT2D eigenvalue weighted by Gasteiger charge is -2.32. The zero-order valence-electron chi connectivity index (χ0n) is 14.8. The summed E-state index contributed by atoms with van der Waals surface area (Å²) in [6, 6.07) is 0. The molecule has 2 amide bonds. The van der Waals surface area contributed by atoms with Crippen molar-refractivity contribution in [2.45, 2.75) is 40.7 Å². The quantitative estimate of drug-likeness (QED) is 0.650. The summed E-state index contributed by atoms with van der Waals surface area (Å²) >= 11 is 0. The number of carbonyl (C=O) groups is 2. The molecule has 0 aliphatic carbocycles. The zero-order valence-corrected chi connectivity index (χ0v) is 14.8. The first-order chi connectivity index (χ1) is 11.5. The van der Waals surface area contributed by atoms with Gasteiger partial charge in [-0.15, -0.1) is 5.92 Å². The monoisotopic (exact) mass is 347 g/mol. The minimum absolute atomic E-state index is 0. The lowest BCUT2D eigenvalue weighted by molar-refractivity contribution is -0.107. The highest BCUT2D eigenvalue weighted by Gasteiger charge is 2.28. The average molecular weight is 347 g/mol. The number of rotatable bonds is 5. The number of nitrogens with one attached hydrogen (secondary N) is 1. The number of nitrogens with zero attached hydrogens (tertiary/aromatic N) is 4. The molecule has 1 aromatic heterocycles. The molecule has 0 unspecified atom stereocenters. The van der Waals surface area contributed by atoms with Gasteiger partial charge in [0, 0.05) is 27.2 Å². The summed E-state index contributed by atoms with van der Waals surface area (Å²) in [5.74, 6) is 7.21. The molecule has 2 heterocycles. The van der Waals surface area contributed by atoms with Gasteiger partial charge in [0.25, 0.3) is 5.91 Å². The molecule has 1 atom stereocenters. The van der Waals surface area contributed by atoms with Crippen LogP contribution in [0.3, 0.4) is 0 Å². The van der Waals surface area contributed by atoms with Gasteiger partial charge >= 0.3 is 0 Å². The summed E-state index contributed by atoms with van der Waals surface area (Å²) in [4.78, 5) is 31.8. The molecule has 1 aromatic rings. The van der Waals surface area contributed by atoms with Crippen LogP contribution in [0.4, 0.5) is 11.8 Å². The van der Waals surface area contributed by atoms with E-state index in [1.54, 1.807) is 21.0 Å². The van der Waals surface area contributed by atoms with Crippen molar-refractivity contribution in [3.8, 4) is 11.8 Å². The van der Waals surface area contributed by atoms with Gasteiger partial charge in [-0.2, -0.15) is 4.98 Å². The molecule has 0 saturated carbocycles. The predicted octanol–water partition coefficient (Wildman–Crippen LogP) is 1.73. The number of amides is 2. The van der Waals surface area contributed by atoms with Crippen LogP contribution in [0.5, 0.6) is 0 Å². The van der Waals surface area contributed by atoms with E-state index in [2.05, 4.69) is 34.0 Å². The molecule has 138 valence electrons. The molecular formula is C18H29N5O2. The first-order valence-electron chi connectivity index (χ1n) is 8.18. The van der Waals surface area contributed by atoms with Crippen LogP contribution in [0.25, 0.3) is 0 Å². The Balaban J connectivity index is 0.00000312. The highest BCUT2D eigenvalue weighted by molar-refractivity contribution is 6.00. The van der Waals surface area contributed by atoms with Crippen molar-refractivity contribution in [3.63, 3.8) is 0 Å². The van der Waals surface area contributed by atoms with Crippen molar-refractivity contribution >= 4 is 24.1 Å². The second kappa shape index (κ2) is 9.11. The SMILES string of the molecule is C.CC#CCn1c(N2CCC[C@@H](C)C2)nc(N(C)C=O)c1C(=O)NC. The minimum Gasteiger partial charge on any atom is -0.354 e. The Morgan fingerprint density at radius 1 is 1.52 bits per heavy atom. The summed E-state index contributed by atoms with van der Waals surface area (Å²) in [5.41, 5.74) is 0.364. The Kier molecular flexibility index (Phi) is 7.49. The van der Waals surface area contributed by atoms with Crippen LogP contribution in [-0.2, 0) is 11.3 Å². The van der Waals surface area contributed by atoms with E-state index in [0.29, 0.717) is 36.3 Å². The van der Waals surface area contributed by atoms with Crippen molar-refractivity contribution in [1.29, 1.82) is 0 Å². The second-order valence-electron chi connectivity index (χ2n) is 6.09. The van der Waals surface area contributed by atoms with Gasteiger partial charge in [0.2, 0.25) is 12.4 Å². The van der Waals surface area contributed by atoms with E-state index < -0.39 is 0 Å². The van der Waals surface area contributed by atoms with Gasteiger partial charge in [-0.05, 0) is 25.7 Å². The molecule has 1 aliphatic rings. The van der Waals surface area contributed by atoms with Gasteiger partial charge in [0.05, 0.1) is 6.54 Å². The molecule has 0 aromatic carbocycles. The number of carbonyl (C=O) groups excluding carboxylic acids is 2. The molecule has 7 nitrogen and oxygen atoms in total. The molecule has 1 fully saturated rings. The summed E-state index contributed by atoms with van der Waals surface area (Å²) in [7, 11) is 3.17. The van der Waals surface area contributed by atoms with Crippen LogP contribution in [0.15, 0.2) is 0 Å². The minimum atomic E-state index is -0.277. The lowest BCUT2D eigenvalue weighted by atomic mass is 10.0. The summed E-state index contributed by atoms with van der Waals surface area (Å²) in [6.07, 6.45) is 2.93. The van der Waals surface area contributed by atoms with Crippen LogP contribution in [0.1, 0.15) is 44.6 Å². The van der Waals surface area contributed by atoms with Crippen molar-refractivity contribution in [2.75, 3.05) is 37.0 Å². The molecule has 0 spiro atoms. The maximum atomic E-state index is 12.4. The largest absolute Gasteiger partial charge is 0.354 e. The van der Waals surface area contributed by atoms with Gasteiger partial charge in [-0.25, -0.2) is 0 Å². The molecule has 1 aliphatic heterocycles. The first-order valence-corrected chi connectivity index (χ1v) is 8.18. The fourth-order valence-electron chi connectivity index (χ4n) is 2.99. The molecule has 2 rings (SSSR count). The van der Waals surface area contributed by atoms with E-state index >= 15 is 0 Å². The van der Waals surface area contributed by atoms with E-state index in [-0.39, 0.29) is 13.3 Å². The third-order valence-corrected chi connectivity index (χ3v) is 4.22. The van der Waals surface area contributed by atoms with Crippen molar-refractivity contribution in [2.24, 2.45) is 5.92 Å². The smallest absolute Gasteiger partial charge is 0.271 e. The van der Waals surface area contributed by atoms with Crippen LogP contribution in [-0.4, -0.2) is 49.1 Å². The number of anilines is 2. The Morgan fingerprint density at radius 2 is 2.24 bits per heavy atom. The molecule has 1 N–H and O–H groups in total. The molecule has 0 radical (unpaired) electrons. The number of piperidine rings is 1. The van der Waals surface area contributed by atoms with E-state index in [4.69, 9.17) is 0 Å². The second-order valence-corrected chi connectivity index (χ2v) is 6.09. The van der Waals surface area contributed by atoms with Crippen LogP contribution in [0, 0.1) is 17.8 Å². The van der Waals surface area contributed by atoms with Gasteiger partial charge in [0.15, 0.2) is 11.5 Å². The Morgan fingerprint density at radius 3 is 2.80 bits per heavy atom. The number of hydrogen-bond donors (Lipinski definition) is 1. The average Bonchev–Trinajstić information content (AvgIpc) is 2.97. The number of hydrogen-bond acceptors (Lipinski definition) is 4. The summed E-state index contributed by atoms with van der Waals surface area (Å²) in [5, 5.41) is 2.63. The Hall–Kier alpha value is -2.49. The van der Waals surface area contributed by atoms with Crippen LogP contribution in [0.2, 0.25) is 0 Å². The standard InChI is InChI=1S/C17H25N5O2.CH4/c1-5-6-10-22-14(16(24)18-3)15(20(4)12-23)19-17(22)21-9-7-8-13(2)11-21;/h12-13H,7-11H2,1-4H3,(H,18,24);1H4/t13-;/m1./s1. The Bertz CT molecular complexity index is 671. The van der Waals surface area contributed by atoms with Crippen molar-refractivity contribution < 1.29 is 9.59 Å². The maximum absolute atomic E-state index is 12.4. The van der Waals surface area contributed by atoms with Gasteiger partial charge < -0.3 is 15.1 Å². The molecule has 0 bridgehead atoms. The van der Waals surface area contributed by atoms with E-state index in [0.717, 1.165) is 19.5 Å². The van der Waals surface area contributed by atoms with Gasteiger partial charge in [0.1, 0.15) is 0 Å². The number of imidazole rings is 1. The lowest BCUT2D eigenvalue weighted by Crippen LogP contribution is -2.36. The fraction of sp³-hybridized carbons (Fsp3) is 0.611. The first kappa shape index (κ1) is 20.6. The van der Waals surface area contributed by atoms with Gasteiger partial charge in [-0.3, -0.25) is 14.2 Å². The molecule has 1 saturated heterocycles. The predicted molar refractivity (Wildman–Crippen MR) is 101 cm³/mol. The van der Waals surface area contributed by atoms with E-state index in [9.17, 15) is 9.59 Å². The highest BCUT2D eigenvalue weighted by Crippen LogP contribution is 2.29. The topological polar surface area (TPSA) is 70.5 Å². The van der Waals surface area contributed by atoms with Gasteiger partial charge in [-0.1, -0.05) is 20.3 Å². The highest BCUT2D eigenvalue weighted by atomic mass is 16.2. The molecule has 25 heavy (non-hydrogen) atoms. The normalized spacial score (nSPS) is 16.3. The van der Waals surface area contributed by atoms with Crippen LogP contribution >= 0.6 is 0 Å². The maximum Gasteiger partial charge on any atom is 0.271 e. The van der Waals surface area contributed by atoms with E-state index in [1.165, 1.54) is 11.3 Å². The van der Waals surface area contributed by atoms with E-state index in [1.807, 2.05) is 4.57 Å². The Labute approximate surface area is 150 Å².